The molecule has 1 N–H and O–H groups in total. The fourth-order valence-corrected chi connectivity index (χ4v) is 2.86. The third-order valence-electron chi connectivity index (χ3n) is 3.96. The van der Waals surface area contributed by atoms with E-state index in [1.807, 2.05) is 12.1 Å². The standard InChI is InChI=1S/C16H18N2O3/c1-20-13-9-17-14(16(18-13)21-2)15(19)12-7-10-5-3-4-6-11(10)8-12/h3-6,9,12,15,19H,7-8H2,1-2H3. The lowest BCUT2D eigenvalue weighted by molar-refractivity contribution is 0.105. The summed E-state index contributed by atoms with van der Waals surface area (Å²) in [6, 6.07) is 8.28. The molecule has 0 saturated heterocycles. The molecule has 5 heteroatoms. The topological polar surface area (TPSA) is 64.5 Å². The number of nitrogens with zero attached hydrogens (tertiary/aromatic N) is 2. The van der Waals surface area contributed by atoms with Crippen molar-refractivity contribution in [2.24, 2.45) is 5.92 Å². The molecule has 2 aromatic rings. The highest BCUT2D eigenvalue weighted by Gasteiger charge is 2.31. The molecule has 1 atom stereocenters. The summed E-state index contributed by atoms with van der Waals surface area (Å²) in [4.78, 5) is 8.45. The van der Waals surface area contributed by atoms with Crippen molar-refractivity contribution in [1.29, 1.82) is 0 Å². The van der Waals surface area contributed by atoms with E-state index in [1.54, 1.807) is 0 Å². The number of rotatable bonds is 4. The van der Waals surface area contributed by atoms with Crippen molar-refractivity contribution in [2.45, 2.75) is 18.9 Å². The molecule has 21 heavy (non-hydrogen) atoms. The maximum absolute atomic E-state index is 10.6. The molecule has 0 bridgehead atoms. The van der Waals surface area contributed by atoms with Gasteiger partial charge in [0.1, 0.15) is 11.8 Å². The largest absolute Gasteiger partial charge is 0.480 e. The minimum absolute atomic E-state index is 0.0963. The van der Waals surface area contributed by atoms with Crippen molar-refractivity contribution in [3.05, 3.63) is 47.3 Å². The molecule has 0 spiro atoms. The number of aliphatic hydroxyl groups is 1. The maximum atomic E-state index is 10.6. The smallest absolute Gasteiger partial charge is 0.241 e. The number of methoxy groups -OCH3 is 2. The van der Waals surface area contributed by atoms with Crippen molar-refractivity contribution in [3.8, 4) is 11.8 Å². The molecule has 5 nitrogen and oxygen atoms in total. The third-order valence-corrected chi connectivity index (χ3v) is 3.96. The van der Waals surface area contributed by atoms with Gasteiger partial charge < -0.3 is 14.6 Å². The number of hydrogen-bond acceptors (Lipinski definition) is 5. The average Bonchev–Trinajstić information content (AvgIpc) is 2.97. The van der Waals surface area contributed by atoms with Crippen LogP contribution < -0.4 is 9.47 Å². The molecule has 1 aromatic carbocycles. The zero-order chi connectivity index (χ0) is 14.8. The lowest BCUT2D eigenvalue weighted by Gasteiger charge is -2.18. The fourth-order valence-electron chi connectivity index (χ4n) is 2.86. The predicted octanol–water partition coefficient (Wildman–Crippen LogP) is 1.94. The third kappa shape index (κ3) is 2.56. The van der Waals surface area contributed by atoms with E-state index in [1.165, 1.54) is 31.5 Å². The molecule has 110 valence electrons. The van der Waals surface area contributed by atoms with Crippen molar-refractivity contribution >= 4 is 0 Å². The number of hydrogen-bond donors (Lipinski definition) is 1. The van der Waals surface area contributed by atoms with Crippen molar-refractivity contribution in [2.75, 3.05) is 14.2 Å². The zero-order valence-electron chi connectivity index (χ0n) is 12.1. The van der Waals surface area contributed by atoms with Gasteiger partial charge in [0.15, 0.2) is 0 Å². The van der Waals surface area contributed by atoms with Gasteiger partial charge in [-0.05, 0) is 29.9 Å². The monoisotopic (exact) mass is 286 g/mol. The second-order valence-corrected chi connectivity index (χ2v) is 5.19. The Hall–Kier alpha value is -2.14. The predicted molar refractivity (Wildman–Crippen MR) is 77.4 cm³/mol. The SMILES string of the molecule is COc1cnc(C(O)C2Cc3ccccc3C2)c(OC)n1. The molecule has 0 radical (unpaired) electrons. The highest BCUT2D eigenvalue weighted by atomic mass is 16.5. The van der Waals surface area contributed by atoms with E-state index in [-0.39, 0.29) is 5.92 Å². The Morgan fingerprint density at radius 3 is 2.38 bits per heavy atom. The molecular weight excluding hydrogens is 268 g/mol. The molecule has 0 amide bonds. The Labute approximate surface area is 123 Å². The zero-order valence-corrected chi connectivity index (χ0v) is 12.1. The highest BCUT2D eigenvalue weighted by molar-refractivity contribution is 5.34. The Morgan fingerprint density at radius 2 is 1.81 bits per heavy atom. The molecule has 1 aliphatic carbocycles. The van der Waals surface area contributed by atoms with Crippen LogP contribution in [0.3, 0.4) is 0 Å². The molecule has 3 rings (SSSR count). The van der Waals surface area contributed by atoms with Crippen LogP contribution in [0.5, 0.6) is 11.8 Å². The van der Waals surface area contributed by atoms with Gasteiger partial charge in [0.05, 0.1) is 20.4 Å². The fraction of sp³-hybridized carbons (Fsp3) is 0.375. The molecule has 1 heterocycles. The number of fused-ring (bicyclic) bond motifs is 1. The van der Waals surface area contributed by atoms with Crippen molar-refractivity contribution in [1.82, 2.24) is 9.97 Å². The van der Waals surface area contributed by atoms with Crippen LogP contribution in [0.4, 0.5) is 0 Å². The average molecular weight is 286 g/mol. The van der Waals surface area contributed by atoms with E-state index in [4.69, 9.17) is 9.47 Å². The lowest BCUT2D eigenvalue weighted by atomic mass is 9.96. The van der Waals surface area contributed by atoms with Gasteiger partial charge in [0, 0.05) is 0 Å². The first-order valence-electron chi connectivity index (χ1n) is 6.92. The summed E-state index contributed by atoms with van der Waals surface area (Å²) in [5.74, 6) is 0.786. The number of ether oxygens (including phenoxy) is 2. The van der Waals surface area contributed by atoms with Crippen LogP contribution in [0.25, 0.3) is 0 Å². The number of aliphatic hydroxyl groups excluding tert-OH is 1. The van der Waals surface area contributed by atoms with E-state index in [2.05, 4.69) is 22.1 Å². The van der Waals surface area contributed by atoms with Gasteiger partial charge >= 0.3 is 0 Å². The van der Waals surface area contributed by atoms with Gasteiger partial charge in [-0.25, -0.2) is 4.98 Å². The first kappa shape index (κ1) is 13.8. The summed E-state index contributed by atoms with van der Waals surface area (Å²) in [6.45, 7) is 0. The Balaban J connectivity index is 1.85. The molecule has 1 aliphatic rings. The first-order chi connectivity index (χ1) is 10.2. The summed E-state index contributed by atoms with van der Waals surface area (Å²) in [5.41, 5.74) is 3.06. The Kier molecular flexibility index (Phi) is 3.75. The summed E-state index contributed by atoms with van der Waals surface area (Å²) in [7, 11) is 3.04. The van der Waals surface area contributed by atoms with Crippen LogP contribution in [0.15, 0.2) is 30.5 Å². The van der Waals surface area contributed by atoms with Crippen LogP contribution in [-0.4, -0.2) is 29.3 Å². The molecule has 0 saturated carbocycles. The highest BCUT2D eigenvalue weighted by Crippen LogP contribution is 2.37. The minimum Gasteiger partial charge on any atom is -0.480 e. The molecule has 1 aromatic heterocycles. The minimum atomic E-state index is -0.703. The van der Waals surface area contributed by atoms with Gasteiger partial charge in [-0.2, -0.15) is 4.98 Å². The van der Waals surface area contributed by atoms with Crippen LogP contribution in [0, 0.1) is 5.92 Å². The van der Waals surface area contributed by atoms with Gasteiger partial charge in [-0.3, -0.25) is 0 Å². The number of aromatic nitrogens is 2. The Morgan fingerprint density at radius 1 is 1.14 bits per heavy atom. The Bertz CT molecular complexity index is 620. The molecule has 0 fully saturated rings. The van der Waals surface area contributed by atoms with Crippen LogP contribution in [-0.2, 0) is 12.8 Å². The number of benzene rings is 1. The van der Waals surface area contributed by atoms with E-state index in [0.29, 0.717) is 17.5 Å². The van der Waals surface area contributed by atoms with Gasteiger partial charge in [0.25, 0.3) is 0 Å². The molecule has 1 unspecified atom stereocenters. The van der Waals surface area contributed by atoms with Gasteiger partial charge in [-0.1, -0.05) is 24.3 Å². The van der Waals surface area contributed by atoms with E-state index in [0.717, 1.165) is 12.8 Å². The van der Waals surface area contributed by atoms with Crippen LogP contribution in [0.1, 0.15) is 22.9 Å². The lowest BCUT2D eigenvalue weighted by Crippen LogP contribution is -2.16. The summed E-state index contributed by atoms with van der Waals surface area (Å²) < 4.78 is 10.3. The van der Waals surface area contributed by atoms with Crippen molar-refractivity contribution in [3.63, 3.8) is 0 Å². The second kappa shape index (κ2) is 5.69. The van der Waals surface area contributed by atoms with Gasteiger partial charge in [-0.15, -0.1) is 0 Å². The quantitative estimate of drug-likeness (QED) is 0.930. The van der Waals surface area contributed by atoms with Crippen molar-refractivity contribution < 1.29 is 14.6 Å². The van der Waals surface area contributed by atoms with Crippen LogP contribution in [0.2, 0.25) is 0 Å². The summed E-state index contributed by atoms with van der Waals surface area (Å²) in [6.07, 6.45) is 2.48. The maximum Gasteiger partial charge on any atom is 0.241 e. The normalized spacial score (nSPS) is 15.6. The van der Waals surface area contributed by atoms with Gasteiger partial charge in [0.2, 0.25) is 11.8 Å². The summed E-state index contributed by atoms with van der Waals surface area (Å²) in [5, 5.41) is 10.6. The van der Waals surface area contributed by atoms with E-state index >= 15 is 0 Å². The molecule has 0 aliphatic heterocycles. The van der Waals surface area contributed by atoms with E-state index in [9.17, 15) is 5.11 Å². The first-order valence-corrected chi connectivity index (χ1v) is 6.92. The van der Waals surface area contributed by atoms with Crippen LogP contribution >= 0.6 is 0 Å². The summed E-state index contributed by atoms with van der Waals surface area (Å²) >= 11 is 0. The molecular formula is C16H18N2O3. The second-order valence-electron chi connectivity index (χ2n) is 5.19. The van der Waals surface area contributed by atoms with E-state index < -0.39 is 6.10 Å².